The van der Waals surface area contributed by atoms with Crippen molar-refractivity contribution in [2.75, 3.05) is 33.4 Å². The van der Waals surface area contributed by atoms with Gasteiger partial charge in [0.15, 0.2) is 0 Å². The van der Waals surface area contributed by atoms with Crippen LogP contribution >= 0.6 is 11.3 Å². The van der Waals surface area contributed by atoms with Crippen LogP contribution in [0.25, 0.3) is 10.2 Å². The zero-order chi connectivity index (χ0) is 21.5. The summed E-state index contributed by atoms with van der Waals surface area (Å²) in [5.74, 6) is 1.31. The maximum Gasteiger partial charge on any atom is 0.259 e. The number of aliphatic hydroxyl groups excluding tert-OH is 1. The van der Waals surface area contributed by atoms with Gasteiger partial charge in [-0.15, -0.1) is 11.3 Å². The van der Waals surface area contributed by atoms with E-state index in [-0.39, 0.29) is 12.2 Å². The van der Waals surface area contributed by atoms with Gasteiger partial charge in [0, 0.05) is 31.7 Å². The summed E-state index contributed by atoms with van der Waals surface area (Å²) in [5, 5.41) is 11.1. The van der Waals surface area contributed by atoms with Crippen LogP contribution in [0.3, 0.4) is 0 Å². The van der Waals surface area contributed by atoms with Gasteiger partial charge < -0.3 is 24.0 Å². The Morgan fingerprint density at radius 3 is 2.97 bits per heavy atom. The first-order valence-electron chi connectivity index (χ1n) is 9.96. The average Bonchev–Trinajstić information content (AvgIpc) is 3.30. The summed E-state index contributed by atoms with van der Waals surface area (Å²) in [5.41, 5.74) is 0.868. The van der Waals surface area contributed by atoms with Crippen molar-refractivity contribution < 1.29 is 19.0 Å². The largest absolute Gasteiger partial charge is 0.467 e. The third-order valence-electron chi connectivity index (χ3n) is 4.89. The van der Waals surface area contributed by atoms with Crippen LogP contribution in [-0.4, -0.2) is 59.5 Å². The molecule has 0 aliphatic carbocycles. The SMILES string of the molecule is COCCCN(Cc1nc2sc(C)c(C)c2c(=O)[nH]1)CC(O)COCc1ccco1. The van der Waals surface area contributed by atoms with E-state index in [1.54, 1.807) is 19.4 Å². The molecule has 8 nitrogen and oxygen atoms in total. The number of rotatable bonds is 12. The van der Waals surface area contributed by atoms with Crippen molar-refractivity contribution in [3.05, 3.63) is 50.8 Å². The summed E-state index contributed by atoms with van der Waals surface area (Å²) in [6.45, 7) is 6.59. The fraction of sp³-hybridized carbons (Fsp3) is 0.524. The molecule has 3 rings (SSSR count). The van der Waals surface area contributed by atoms with Gasteiger partial charge in [-0.3, -0.25) is 9.69 Å². The van der Waals surface area contributed by atoms with Gasteiger partial charge in [-0.25, -0.2) is 4.98 Å². The second-order valence-electron chi connectivity index (χ2n) is 7.31. The molecule has 0 fully saturated rings. The first-order valence-corrected chi connectivity index (χ1v) is 10.8. The van der Waals surface area contributed by atoms with Crippen molar-refractivity contribution >= 4 is 21.6 Å². The highest BCUT2D eigenvalue weighted by Crippen LogP contribution is 2.25. The number of aromatic amines is 1. The molecule has 164 valence electrons. The van der Waals surface area contributed by atoms with Crippen molar-refractivity contribution in [3.8, 4) is 0 Å². The molecule has 0 saturated carbocycles. The fourth-order valence-electron chi connectivity index (χ4n) is 3.29. The molecule has 0 aromatic carbocycles. The Bertz CT molecular complexity index is 983. The Hall–Kier alpha value is -2.04. The maximum atomic E-state index is 12.5. The highest BCUT2D eigenvalue weighted by atomic mass is 32.1. The second kappa shape index (κ2) is 10.8. The number of H-pyrrole nitrogens is 1. The maximum absolute atomic E-state index is 12.5. The molecule has 0 aliphatic rings. The van der Waals surface area contributed by atoms with Crippen molar-refractivity contribution in [3.63, 3.8) is 0 Å². The van der Waals surface area contributed by atoms with Gasteiger partial charge in [-0.1, -0.05) is 0 Å². The van der Waals surface area contributed by atoms with Crippen LogP contribution in [0.2, 0.25) is 0 Å². The van der Waals surface area contributed by atoms with Crippen LogP contribution in [0.4, 0.5) is 0 Å². The van der Waals surface area contributed by atoms with Gasteiger partial charge in [-0.05, 0) is 38.0 Å². The zero-order valence-electron chi connectivity index (χ0n) is 17.6. The molecule has 1 atom stereocenters. The molecule has 0 saturated heterocycles. The number of fused-ring (bicyclic) bond motifs is 1. The molecule has 0 bridgehead atoms. The number of aliphatic hydroxyl groups is 1. The molecule has 0 amide bonds. The van der Waals surface area contributed by atoms with Gasteiger partial charge in [-0.2, -0.15) is 0 Å². The topological polar surface area (TPSA) is 101 Å². The molecule has 0 radical (unpaired) electrons. The van der Waals surface area contributed by atoms with E-state index < -0.39 is 6.10 Å². The number of nitrogens with zero attached hydrogens (tertiary/aromatic N) is 2. The third kappa shape index (κ3) is 5.99. The summed E-state index contributed by atoms with van der Waals surface area (Å²) < 4.78 is 15.9. The fourth-order valence-corrected chi connectivity index (χ4v) is 4.34. The van der Waals surface area contributed by atoms with E-state index in [1.165, 1.54) is 11.3 Å². The normalized spacial score (nSPS) is 12.8. The Morgan fingerprint density at radius 2 is 2.23 bits per heavy atom. The standard InChI is InChI=1S/C21H29N3O5S/c1-14-15(2)30-21-19(14)20(26)22-18(23-21)11-24(7-5-8-27-3)10-16(25)12-28-13-17-6-4-9-29-17/h4,6,9,16,25H,5,7-8,10-13H2,1-3H3,(H,22,23,26). The smallest absolute Gasteiger partial charge is 0.259 e. The summed E-state index contributed by atoms with van der Waals surface area (Å²) in [6, 6.07) is 3.63. The van der Waals surface area contributed by atoms with E-state index in [4.69, 9.17) is 13.9 Å². The van der Waals surface area contributed by atoms with E-state index in [9.17, 15) is 9.90 Å². The molecule has 1 unspecified atom stereocenters. The summed E-state index contributed by atoms with van der Waals surface area (Å²) in [7, 11) is 1.66. The molecular formula is C21H29N3O5S. The van der Waals surface area contributed by atoms with Crippen LogP contribution in [0.5, 0.6) is 0 Å². The average molecular weight is 436 g/mol. The number of hydrogen-bond acceptors (Lipinski definition) is 8. The van der Waals surface area contributed by atoms with Gasteiger partial charge in [0.05, 0.1) is 30.9 Å². The van der Waals surface area contributed by atoms with E-state index >= 15 is 0 Å². The highest BCUT2D eigenvalue weighted by Gasteiger charge is 2.16. The molecule has 30 heavy (non-hydrogen) atoms. The van der Waals surface area contributed by atoms with E-state index in [1.807, 2.05) is 19.9 Å². The number of hydrogen-bond donors (Lipinski definition) is 2. The minimum atomic E-state index is -0.677. The lowest BCUT2D eigenvalue weighted by molar-refractivity contribution is 0.00246. The number of ether oxygens (including phenoxy) is 2. The van der Waals surface area contributed by atoms with Crippen LogP contribution in [0.15, 0.2) is 27.6 Å². The van der Waals surface area contributed by atoms with Crippen LogP contribution in [0.1, 0.15) is 28.4 Å². The molecule has 3 heterocycles. The van der Waals surface area contributed by atoms with E-state index in [0.717, 1.165) is 27.5 Å². The number of methoxy groups -OCH3 is 1. The van der Waals surface area contributed by atoms with Gasteiger partial charge in [0.1, 0.15) is 23.0 Å². The van der Waals surface area contributed by atoms with Gasteiger partial charge >= 0.3 is 0 Å². The van der Waals surface area contributed by atoms with Gasteiger partial charge in [0.25, 0.3) is 5.56 Å². The monoisotopic (exact) mass is 435 g/mol. The molecule has 3 aromatic heterocycles. The molecule has 0 spiro atoms. The predicted molar refractivity (Wildman–Crippen MR) is 116 cm³/mol. The molecule has 0 aliphatic heterocycles. The van der Waals surface area contributed by atoms with Crippen molar-refractivity contribution in [1.29, 1.82) is 0 Å². The lowest BCUT2D eigenvalue weighted by Gasteiger charge is -2.24. The molecule has 2 N–H and O–H groups in total. The first-order chi connectivity index (χ1) is 14.5. The molecule has 9 heteroatoms. The minimum Gasteiger partial charge on any atom is -0.467 e. The summed E-state index contributed by atoms with van der Waals surface area (Å²) in [6.07, 6.45) is 1.72. The quantitative estimate of drug-likeness (QED) is 0.422. The van der Waals surface area contributed by atoms with Crippen LogP contribution in [0, 0.1) is 13.8 Å². The van der Waals surface area contributed by atoms with Crippen molar-refractivity contribution in [2.45, 2.75) is 39.5 Å². The zero-order valence-corrected chi connectivity index (χ0v) is 18.5. The van der Waals surface area contributed by atoms with Gasteiger partial charge in [0.2, 0.25) is 0 Å². The Balaban J connectivity index is 1.64. The Kier molecular flexibility index (Phi) is 8.17. The second-order valence-corrected chi connectivity index (χ2v) is 8.51. The lowest BCUT2D eigenvalue weighted by atomic mass is 10.2. The summed E-state index contributed by atoms with van der Waals surface area (Å²) in [4.78, 5) is 24.0. The first kappa shape index (κ1) is 22.6. The number of aryl methyl sites for hydroxylation is 2. The third-order valence-corrected chi connectivity index (χ3v) is 5.99. The van der Waals surface area contributed by atoms with Crippen molar-refractivity contribution in [2.24, 2.45) is 0 Å². The molecule has 3 aromatic rings. The summed E-state index contributed by atoms with van der Waals surface area (Å²) >= 11 is 1.53. The number of thiophene rings is 1. The van der Waals surface area contributed by atoms with Crippen LogP contribution in [-0.2, 0) is 22.6 Å². The minimum absolute atomic E-state index is 0.115. The molecular weight excluding hydrogens is 406 g/mol. The van der Waals surface area contributed by atoms with E-state index in [2.05, 4.69) is 14.9 Å². The predicted octanol–water partition coefficient (Wildman–Crippen LogP) is 2.61. The number of furan rings is 1. The Morgan fingerprint density at radius 1 is 1.40 bits per heavy atom. The van der Waals surface area contributed by atoms with E-state index in [0.29, 0.717) is 44.1 Å². The van der Waals surface area contributed by atoms with Crippen molar-refractivity contribution in [1.82, 2.24) is 14.9 Å². The number of aromatic nitrogens is 2. The highest BCUT2D eigenvalue weighted by molar-refractivity contribution is 7.18. The lowest BCUT2D eigenvalue weighted by Crippen LogP contribution is -2.36. The number of nitrogens with one attached hydrogen (secondary N) is 1. The Labute approximate surface area is 179 Å². The van der Waals surface area contributed by atoms with Crippen LogP contribution < -0.4 is 5.56 Å².